The average molecular weight is 335 g/mol. The first-order valence-corrected chi connectivity index (χ1v) is 8.62. The van der Waals surface area contributed by atoms with Gasteiger partial charge in [0.2, 0.25) is 0 Å². The zero-order chi connectivity index (χ0) is 17.0. The molecule has 0 aliphatic rings. The van der Waals surface area contributed by atoms with Gasteiger partial charge in [-0.3, -0.25) is 9.00 Å². The summed E-state index contributed by atoms with van der Waals surface area (Å²) in [6.07, 6.45) is 0.623. The average Bonchev–Trinajstić information content (AvgIpc) is 2.54. The van der Waals surface area contributed by atoms with Crippen molar-refractivity contribution < 1.29 is 18.5 Å². The molecule has 0 fully saturated rings. The SMILES string of the molecule is CC(NC(=O)c1ccc(S(C)=O)cc1)C(O)c1ccc(F)cc1. The highest BCUT2D eigenvalue weighted by molar-refractivity contribution is 7.84. The van der Waals surface area contributed by atoms with E-state index >= 15 is 0 Å². The Hall–Kier alpha value is -2.05. The van der Waals surface area contributed by atoms with Gasteiger partial charge in [0.15, 0.2) is 0 Å². The molecule has 4 nitrogen and oxygen atoms in total. The fraction of sp³-hybridized carbons (Fsp3) is 0.235. The third-order valence-corrected chi connectivity index (χ3v) is 4.43. The van der Waals surface area contributed by atoms with Crippen molar-refractivity contribution in [2.24, 2.45) is 0 Å². The molecule has 2 aromatic carbocycles. The van der Waals surface area contributed by atoms with Crippen LogP contribution in [-0.4, -0.2) is 27.5 Å². The van der Waals surface area contributed by atoms with Crippen LogP contribution in [0.1, 0.15) is 28.9 Å². The summed E-state index contributed by atoms with van der Waals surface area (Å²) in [7, 11) is -1.10. The molecule has 1 amide bonds. The number of halogens is 1. The Kier molecular flexibility index (Phi) is 5.63. The van der Waals surface area contributed by atoms with Crippen molar-refractivity contribution in [2.75, 3.05) is 6.26 Å². The summed E-state index contributed by atoms with van der Waals surface area (Å²) in [5.74, 6) is -0.724. The van der Waals surface area contributed by atoms with E-state index in [2.05, 4.69) is 5.32 Å². The number of aliphatic hydroxyl groups is 1. The summed E-state index contributed by atoms with van der Waals surface area (Å²) < 4.78 is 24.2. The molecule has 2 N–H and O–H groups in total. The van der Waals surface area contributed by atoms with E-state index in [1.807, 2.05) is 0 Å². The highest BCUT2D eigenvalue weighted by Crippen LogP contribution is 2.17. The second-order valence-electron chi connectivity index (χ2n) is 5.24. The van der Waals surface area contributed by atoms with Crippen LogP contribution in [0.4, 0.5) is 4.39 Å². The van der Waals surface area contributed by atoms with Crippen LogP contribution in [-0.2, 0) is 10.8 Å². The van der Waals surface area contributed by atoms with E-state index in [0.717, 1.165) is 0 Å². The lowest BCUT2D eigenvalue weighted by molar-refractivity contribution is 0.0852. The third-order valence-electron chi connectivity index (χ3n) is 3.49. The molecule has 122 valence electrons. The fourth-order valence-electron chi connectivity index (χ4n) is 2.12. The molecule has 0 saturated heterocycles. The van der Waals surface area contributed by atoms with E-state index in [1.54, 1.807) is 37.4 Å². The van der Waals surface area contributed by atoms with E-state index < -0.39 is 22.9 Å². The predicted molar refractivity (Wildman–Crippen MR) is 87.1 cm³/mol. The number of hydrogen-bond donors (Lipinski definition) is 2. The molecule has 0 saturated carbocycles. The fourth-order valence-corrected chi connectivity index (χ4v) is 2.63. The van der Waals surface area contributed by atoms with E-state index in [0.29, 0.717) is 16.0 Å². The molecule has 2 rings (SSSR count). The summed E-state index contributed by atoms with van der Waals surface area (Å²) in [6, 6.07) is 11.4. The molecule has 0 heterocycles. The molecular weight excluding hydrogens is 317 g/mol. The second-order valence-corrected chi connectivity index (χ2v) is 6.62. The lowest BCUT2D eigenvalue weighted by Crippen LogP contribution is -2.37. The summed E-state index contributed by atoms with van der Waals surface area (Å²) in [5.41, 5.74) is 0.938. The van der Waals surface area contributed by atoms with Crippen LogP contribution in [0.5, 0.6) is 0 Å². The van der Waals surface area contributed by atoms with Gasteiger partial charge in [0, 0.05) is 27.5 Å². The van der Waals surface area contributed by atoms with Crippen LogP contribution in [0.15, 0.2) is 53.4 Å². The molecule has 0 radical (unpaired) electrons. The largest absolute Gasteiger partial charge is 0.386 e. The molecular formula is C17H18FNO3S. The molecule has 0 aliphatic carbocycles. The van der Waals surface area contributed by atoms with Gasteiger partial charge in [0.25, 0.3) is 5.91 Å². The van der Waals surface area contributed by atoms with Crippen LogP contribution in [0.3, 0.4) is 0 Å². The zero-order valence-corrected chi connectivity index (χ0v) is 13.6. The smallest absolute Gasteiger partial charge is 0.251 e. The van der Waals surface area contributed by atoms with Crippen LogP contribution in [0.2, 0.25) is 0 Å². The van der Waals surface area contributed by atoms with Gasteiger partial charge in [0.05, 0.1) is 12.1 Å². The van der Waals surface area contributed by atoms with Crippen molar-refractivity contribution in [3.8, 4) is 0 Å². The Bertz CT molecular complexity index is 701. The Morgan fingerprint density at radius 1 is 1.13 bits per heavy atom. The second kappa shape index (κ2) is 7.48. The predicted octanol–water partition coefficient (Wildman–Crippen LogP) is 2.42. The lowest BCUT2D eigenvalue weighted by Gasteiger charge is -2.20. The molecule has 0 aromatic heterocycles. The summed E-state index contributed by atoms with van der Waals surface area (Å²) >= 11 is 0. The number of benzene rings is 2. The summed E-state index contributed by atoms with van der Waals surface area (Å²) in [5, 5.41) is 12.9. The minimum absolute atomic E-state index is 0.341. The van der Waals surface area contributed by atoms with Crippen molar-refractivity contribution in [3.63, 3.8) is 0 Å². The Labute approximate surface area is 136 Å². The summed E-state index contributed by atoms with van der Waals surface area (Å²) in [6.45, 7) is 1.67. The Balaban J connectivity index is 2.03. The van der Waals surface area contributed by atoms with Gasteiger partial charge < -0.3 is 10.4 Å². The van der Waals surface area contributed by atoms with Gasteiger partial charge in [-0.05, 0) is 48.9 Å². The topological polar surface area (TPSA) is 66.4 Å². The molecule has 0 bridgehead atoms. The maximum absolute atomic E-state index is 12.9. The van der Waals surface area contributed by atoms with Crippen LogP contribution in [0.25, 0.3) is 0 Å². The van der Waals surface area contributed by atoms with Gasteiger partial charge in [-0.1, -0.05) is 12.1 Å². The number of nitrogens with one attached hydrogen (secondary N) is 1. The van der Waals surface area contributed by atoms with E-state index in [4.69, 9.17) is 0 Å². The molecule has 3 atom stereocenters. The minimum atomic E-state index is -1.10. The maximum Gasteiger partial charge on any atom is 0.251 e. The highest BCUT2D eigenvalue weighted by atomic mass is 32.2. The lowest BCUT2D eigenvalue weighted by atomic mass is 10.0. The Morgan fingerprint density at radius 2 is 1.70 bits per heavy atom. The molecule has 3 unspecified atom stereocenters. The quantitative estimate of drug-likeness (QED) is 0.882. The number of carbonyl (C=O) groups excluding carboxylic acids is 1. The van der Waals surface area contributed by atoms with Gasteiger partial charge >= 0.3 is 0 Å². The van der Waals surface area contributed by atoms with Gasteiger partial charge in [-0.15, -0.1) is 0 Å². The standard InChI is InChI=1S/C17H18FNO3S/c1-11(16(20)12-3-7-14(18)8-4-12)19-17(21)13-5-9-15(10-6-13)23(2)22/h3-11,16,20H,1-2H3,(H,19,21). The van der Waals surface area contributed by atoms with Crippen molar-refractivity contribution in [1.82, 2.24) is 5.32 Å². The van der Waals surface area contributed by atoms with Gasteiger partial charge in [-0.2, -0.15) is 0 Å². The molecule has 0 aliphatic heterocycles. The first-order chi connectivity index (χ1) is 10.9. The molecule has 6 heteroatoms. The van der Waals surface area contributed by atoms with E-state index in [9.17, 15) is 18.5 Å². The summed E-state index contributed by atoms with van der Waals surface area (Å²) in [4.78, 5) is 12.8. The van der Waals surface area contributed by atoms with Crippen molar-refractivity contribution in [2.45, 2.75) is 24.0 Å². The zero-order valence-electron chi connectivity index (χ0n) is 12.8. The number of hydrogen-bond acceptors (Lipinski definition) is 3. The van der Waals surface area contributed by atoms with Crippen molar-refractivity contribution in [3.05, 3.63) is 65.5 Å². The van der Waals surface area contributed by atoms with Crippen molar-refractivity contribution in [1.29, 1.82) is 0 Å². The molecule has 0 spiro atoms. The monoisotopic (exact) mass is 335 g/mol. The van der Waals surface area contributed by atoms with Crippen LogP contribution in [0, 0.1) is 5.82 Å². The first kappa shape index (κ1) is 17.3. The van der Waals surface area contributed by atoms with Crippen LogP contribution >= 0.6 is 0 Å². The number of aliphatic hydroxyl groups excluding tert-OH is 1. The third kappa shape index (κ3) is 4.46. The normalized spacial score (nSPS) is 14.8. The number of amides is 1. The Morgan fingerprint density at radius 3 is 2.22 bits per heavy atom. The van der Waals surface area contributed by atoms with E-state index in [1.165, 1.54) is 24.3 Å². The van der Waals surface area contributed by atoms with Gasteiger partial charge in [-0.25, -0.2) is 4.39 Å². The first-order valence-electron chi connectivity index (χ1n) is 7.06. The molecule has 2 aromatic rings. The highest BCUT2D eigenvalue weighted by Gasteiger charge is 2.19. The van der Waals surface area contributed by atoms with Gasteiger partial charge in [0.1, 0.15) is 5.82 Å². The number of rotatable bonds is 5. The van der Waals surface area contributed by atoms with Crippen molar-refractivity contribution >= 4 is 16.7 Å². The minimum Gasteiger partial charge on any atom is -0.386 e. The number of carbonyl (C=O) groups is 1. The molecule has 23 heavy (non-hydrogen) atoms. The van der Waals surface area contributed by atoms with E-state index in [-0.39, 0.29) is 11.7 Å². The van der Waals surface area contributed by atoms with Crippen LogP contribution < -0.4 is 5.32 Å². The maximum atomic E-state index is 12.9.